The van der Waals surface area contributed by atoms with E-state index in [1.54, 1.807) is 0 Å². The first-order valence-corrected chi connectivity index (χ1v) is 24.5. The van der Waals surface area contributed by atoms with Crippen molar-refractivity contribution in [3.05, 3.63) is 36.5 Å². The summed E-state index contributed by atoms with van der Waals surface area (Å²) >= 11 is 0. The molecule has 0 rings (SSSR count). The van der Waals surface area contributed by atoms with Crippen molar-refractivity contribution >= 4 is 19.8 Å². The van der Waals surface area contributed by atoms with Gasteiger partial charge in [0.2, 0.25) is 0 Å². The number of carbonyl (C=O) groups excluding carboxylic acids is 1. The van der Waals surface area contributed by atoms with Crippen molar-refractivity contribution in [3.8, 4) is 0 Å². The molecular formula is C46H86NO9P. The van der Waals surface area contributed by atoms with Crippen LogP contribution in [0.15, 0.2) is 36.5 Å². The average Bonchev–Trinajstić information content (AvgIpc) is 3.19. The number of phosphoric acid groups is 1. The standard InChI is InChI=1S/C46H86NO9P/c1-3-5-7-9-11-13-15-17-19-21-22-24-26-28-30-32-34-36-38-45(48)56-43(41-54-57(51,52)55-42-44(47)46(49)50)40-53-39-37-35-33-31-29-27-25-23-20-18-16-14-12-10-8-6-4-2/h13,15,19-21,23,43-44H,3-12,14,16-18,22,24-42,47H2,1-2H3,(H,49,50)(H,51,52)/b15-13-,21-19-,23-20-. The summed E-state index contributed by atoms with van der Waals surface area (Å²) in [6, 6.07) is -1.48. The Bertz CT molecular complexity index is 1050. The SMILES string of the molecule is CCCCCC/C=C\C/C=C\CCCCCCCCCC(=O)OC(COCCCCCCCC/C=C\CCCCCCCCC)COP(=O)(O)OCC(N)C(=O)O. The molecule has 0 aliphatic rings. The van der Waals surface area contributed by atoms with E-state index >= 15 is 0 Å². The summed E-state index contributed by atoms with van der Waals surface area (Å²) in [5.74, 6) is -1.79. The average molecular weight is 828 g/mol. The molecule has 3 unspecified atom stereocenters. The van der Waals surface area contributed by atoms with E-state index in [4.69, 9.17) is 29.4 Å². The van der Waals surface area contributed by atoms with Crippen LogP contribution in [0.5, 0.6) is 0 Å². The fraction of sp³-hybridized carbons (Fsp3) is 0.826. The maximum absolute atomic E-state index is 12.6. The van der Waals surface area contributed by atoms with Crippen LogP contribution in [0.2, 0.25) is 0 Å². The second-order valence-electron chi connectivity index (χ2n) is 15.5. The number of allylic oxidation sites excluding steroid dienone is 6. The fourth-order valence-corrected chi connectivity index (χ4v) is 7.05. The molecule has 4 N–H and O–H groups in total. The maximum Gasteiger partial charge on any atom is 0.472 e. The van der Waals surface area contributed by atoms with Gasteiger partial charge in [-0.2, -0.15) is 0 Å². The van der Waals surface area contributed by atoms with Crippen molar-refractivity contribution in [1.29, 1.82) is 0 Å². The first kappa shape index (κ1) is 55.2. The Morgan fingerprint density at radius 3 is 1.46 bits per heavy atom. The number of nitrogens with two attached hydrogens (primary N) is 1. The zero-order valence-corrected chi connectivity index (χ0v) is 37.3. The Labute approximate surface area is 348 Å². The maximum atomic E-state index is 12.6. The second kappa shape index (κ2) is 42.3. The molecule has 10 nitrogen and oxygen atoms in total. The lowest BCUT2D eigenvalue weighted by molar-refractivity contribution is -0.154. The monoisotopic (exact) mass is 828 g/mol. The minimum absolute atomic E-state index is 0.0105. The molecular weight excluding hydrogens is 741 g/mol. The Morgan fingerprint density at radius 2 is 0.965 bits per heavy atom. The summed E-state index contributed by atoms with van der Waals surface area (Å²) in [4.78, 5) is 33.6. The predicted octanol–water partition coefficient (Wildman–Crippen LogP) is 12.9. The normalized spacial score (nSPS) is 14.2. The van der Waals surface area contributed by atoms with Gasteiger partial charge in [0.05, 0.1) is 19.8 Å². The number of unbranched alkanes of at least 4 members (excludes halogenated alkanes) is 24. The van der Waals surface area contributed by atoms with Crippen LogP contribution >= 0.6 is 7.82 Å². The molecule has 0 saturated carbocycles. The summed E-state index contributed by atoms with van der Waals surface area (Å²) in [6.45, 7) is 3.85. The highest BCUT2D eigenvalue weighted by Gasteiger charge is 2.27. The largest absolute Gasteiger partial charge is 0.480 e. The number of carboxylic acid groups (broad SMARTS) is 1. The van der Waals surface area contributed by atoms with Crippen LogP contribution in [0.25, 0.3) is 0 Å². The minimum Gasteiger partial charge on any atom is -0.480 e. The molecule has 0 amide bonds. The van der Waals surface area contributed by atoms with Crippen molar-refractivity contribution in [1.82, 2.24) is 0 Å². The number of hydrogen-bond acceptors (Lipinski definition) is 8. The lowest BCUT2D eigenvalue weighted by Crippen LogP contribution is -2.34. The third-order valence-electron chi connectivity index (χ3n) is 9.89. The number of aliphatic carboxylic acids is 1. The van der Waals surface area contributed by atoms with Crippen molar-refractivity contribution in [3.63, 3.8) is 0 Å². The number of rotatable bonds is 44. The van der Waals surface area contributed by atoms with Crippen LogP contribution in [-0.4, -0.2) is 60.5 Å². The Balaban J connectivity index is 4.23. The van der Waals surface area contributed by atoms with E-state index in [0.29, 0.717) is 13.0 Å². The van der Waals surface area contributed by atoms with Gasteiger partial charge >= 0.3 is 19.8 Å². The van der Waals surface area contributed by atoms with E-state index in [1.807, 2.05) is 0 Å². The van der Waals surface area contributed by atoms with Crippen LogP contribution in [0.3, 0.4) is 0 Å². The molecule has 0 heterocycles. The van der Waals surface area contributed by atoms with Crippen molar-refractivity contribution in [2.75, 3.05) is 26.4 Å². The van der Waals surface area contributed by atoms with Crippen LogP contribution in [0, 0.1) is 0 Å². The van der Waals surface area contributed by atoms with E-state index in [9.17, 15) is 19.0 Å². The molecule has 11 heteroatoms. The van der Waals surface area contributed by atoms with Crippen molar-refractivity contribution in [2.24, 2.45) is 5.73 Å². The Hall–Kier alpha value is -1.81. The molecule has 0 aromatic heterocycles. The fourth-order valence-electron chi connectivity index (χ4n) is 6.28. The van der Waals surface area contributed by atoms with E-state index in [-0.39, 0.29) is 13.0 Å². The molecule has 0 aromatic carbocycles. The van der Waals surface area contributed by atoms with Gasteiger partial charge in [-0.05, 0) is 70.6 Å². The molecule has 57 heavy (non-hydrogen) atoms. The van der Waals surface area contributed by atoms with E-state index < -0.39 is 45.1 Å². The lowest BCUT2D eigenvalue weighted by Gasteiger charge is -2.20. The van der Waals surface area contributed by atoms with Gasteiger partial charge in [0.25, 0.3) is 0 Å². The number of carboxylic acids is 1. The highest BCUT2D eigenvalue weighted by Crippen LogP contribution is 2.43. The van der Waals surface area contributed by atoms with Gasteiger partial charge in [-0.3, -0.25) is 18.6 Å². The summed E-state index contributed by atoms with van der Waals surface area (Å²) in [5, 5.41) is 8.90. The summed E-state index contributed by atoms with van der Waals surface area (Å²) in [6.07, 6.45) is 47.6. The zero-order valence-electron chi connectivity index (χ0n) is 36.4. The van der Waals surface area contributed by atoms with Crippen molar-refractivity contribution in [2.45, 2.75) is 219 Å². The summed E-state index contributed by atoms with van der Waals surface area (Å²) < 4.78 is 33.4. The third-order valence-corrected chi connectivity index (χ3v) is 10.8. The van der Waals surface area contributed by atoms with E-state index in [2.05, 4.69) is 50.3 Å². The Morgan fingerprint density at radius 1 is 0.561 bits per heavy atom. The van der Waals surface area contributed by atoms with Gasteiger partial charge in [-0.1, -0.05) is 166 Å². The van der Waals surface area contributed by atoms with Gasteiger partial charge in [0.1, 0.15) is 12.1 Å². The molecule has 0 fully saturated rings. The number of esters is 1. The summed E-state index contributed by atoms with van der Waals surface area (Å²) in [5.41, 5.74) is 5.36. The van der Waals surface area contributed by atoms with Crippen LogP contribution in [-0.2, 0) is 32.7 Å². The highest BCUT2D eigenvalue weighted by atomic mass is 31.2. The number of phosphoric ester groups is 1. The van der Waals surface area contributed by atoms with E-state index in [1.165, 1.54) is 122 Å². The van der Waals surface area contributed by atoms with Gasteiger partial charge in [0.15, 0.2) is 0 Å². The predicted molar refractivity (Wildman–Crippen MR) is 235 cm³/mol. The first-order valence-electron chi connectivity index (χ1n) is 23.0. The van der Waals surface area contributed by atoms with Crippen molar-refractivity contribution < 1.29 is 42.7 Å². The molecule has 0 aliphatic carbocycles. The second-order valence-corrected chi connectivity index (χ2v) is 17.0. The third kappa shape index (κ3) is 42.1. The number of carbonyl (C=O) groups is 2. The highest BCUT2D eigenvalue weighted by molar-refractivity contribution is 7.47. The minimum atomic E-state index is -4.62. The first-order chi connectivity index (χ1) is 27.7. The van der Waals surface area contributed by atoms with Gasteiger partial charge in [-0.25, -0.2) is 4.57 Å². The van der Waals surface area contributed by atoms with E-state index in [0.717, 1.165) is 57.8 Å². The molecule has 334 valence electrons. The Kier molecular flexibility index (Phi) is 41.0. The molecule has 0 aliphatic heterocycles. The topological polar surface area (TPSA) is 155 Å². The van der Waals surface area contributed by atoms with Crippen LogP contribution < -0.4 is 5.73 Å². The summed E-state index contributed by atoms with van der Waals surface area (Å²) in [7, 11) is -4.62. The number of ether oxygens (including phenoxy) is 2. The molecule has 0 aromatic rings. The van der Waals surface area contributed by atoms with Crippen LogP contribution in [0.1, 0.15) is 206 Å². The zero-order chi connectivity index (χ0) is 41.9. The van der Waals surface area contributed by atoms with Crippen LogP contribution in [0.4, 0.5) is 0 Å². The molecule has 0 spiro atoms. The number of hydrogen-bond donors (Lipinski definition) is 3. The van der Waals surface area contributed by atoms with Gasteiger partial charge in [0, 0.05) is 13.0 Å². The smallest absolute Gasteiger partial charge is 0.472 e. The quantitative estimate of drug-likeness (QED) is 0.0234. The lowest BCUT2D eigenvalue weighted by atomic mass is 10.1. The molecule has 0 bridgehead atoms. The molecule has 3 atom stereocenters. The van der Waals surface area contributed by atoms with Gasteiger partial charge in [-0.15, -0.1) is 0 Å². The van der Waals surface area contributed by atoms with Gasteiger partial charge < -0.3 is 25.2 Å². The molecule has 0 radical (unpaired) electrons. The molecule has 0 saturated heterocycles.